The second-order valence-corrected chi connectivity index (χ2v) is 7.47. The number of benzene rings is 2. The lowest BCUT2D eigenvalue weighted by molar-refractivity contribution is -0.384. The van der Waals surface area contributed by atoms with Crippen molar-refractivity contribution >= 4 is 31.6 Å². The molecule has 1 N–H and O–H groups in total. The van der Waals surface area contributed by atoms with Crippen LogP contribution in [-0.2, 0) is 16.4 Å². The van der Waals surface area contributed by atoms with Gasteiger partial charge in [-0.1, -0.05) is 34.1 Å². The summed E-state index contributed by atoms with van der Waals surface area (Å²) in [6.45, 7) is 0.292. The van der Waals surface area contributed by atoms with E-state index in [4.69, 9.17) is 0 Å². The van der Waals surface area contributed by atoms with E-state index < -0.39 is 14.9 Å². The van der Waals surface area contributed by atoms with E-state index in [1.54, 1.807) is 0 Å². The molecule has 0 radical (unpaired) electrons. The fourth-order valence-electron chi connectivity index (χ4n) is 2.02. The molecule has 0 saturated carbocycles. The van der Waals surface area contributed by atoms with Gasteiger partial charge in [-0.05, 0) is 36.6 Å². The Morgan fingerprint density at radius 3 is 2.35 bits per heavy atom. The van der Waals surface area contributed by atoms with Gasteiger partial charge in [-0.15, -0.1) is 0 Å². The van der Waals surface area contributed by atoms with Crippen molar-refractivity contribution in [3.05, 3.63) is 68.7 Å². The monoisotopic (exact) mass is 398 g/mol. The van der Waals surface area contributed by atoms with Crippen LogP contribution >= 0.6 is 15.9 Å². The van der Waals surface area contributed by atoms with Gasteiger partial charge in [0.15, 0.2) is 0 Å². The number of sulfonamides is 1. The van der Waals surface area contributed by atoms with Crippen LogP contribution in [0.3, 0.4) is 0 Å². The zero-order chi connectivity index (χ0) is 16.9. The van der Waals surface area contributed by atoms with Crippen molar-refractivity contribution in [1.82, 2.24) is 4.72 Å². The first-order valence-corrected chi connectivity index (χ1v) is 9.15. The van der Waals surface area contributed by atoms with Crippen LogP contribution in [0.1, 0.15) is 12.0 Å². The largest absolute Gasteiger partial charge is 0.269 e. The van der Waals surface area contributed by atoms with E-state index in [0.29, 0.717) is 13.0 Å². The van der Waals surface area contributed by atoms with Crippen molar-refractivity contribution in [3.8, 4) is 0 Å². The van der Waals surface area contributed by atoms with Gasteiger partial charge in [-0.2, -0.15) is 0 Å². The molecule has 0 aliphatic rings. The van der Waals surface area contributed by atoms with Crippen LogP contribution in [-0.4, -0.2) is 19.9 Å². The number of nitrogens with zero attached hydrogens (tertiary/aromatic N) is 1. The zero-order valence-electron chi connectivity index (χ0n) is 12.1. The molecular formula is C15H15BrN2O4S. The van der Waals surface area contributed by atoms with Crippen LogP contribution < -0.4 is 4.72 Å². The van der Waals surface area contributed by atoms with Crippen LogP contribution in [0.25, 0.3) is 0 Å². The molecule has 23 heavy (non-hydrogen) atoms. The highest BCUT2D eigenvalue weighted by Crippen LogP contribution is 2.18. The second kappa shape index (κ2) is 7.67. The second-order valence-electron chi connectivity index (χ2n) is 4.84. The summed E-state index contributed by atoms with van der Waals surface area (Å²) in [6, 6.07) is 12.6. The van der Waals surface area contributed by atoms with E-state index in [0.717, 1.165) is 16.5 Å². The first-order chi connectivity index (χ1) is 10.9. The first kappa shape index (κ1) is 17.6. The fraction of sp³-hybridized carbons (Fsp3) is 0.200. The number of rotatable bonds is 7. The molecule has 0 spiro atoms. The van der Waals surface area contributed by atoms with Crippen molar-refractivity contribution in [2.24, 2.45) is 0 Å². The predicted octanol–water partition coefficient (Wildman–Crippen LogP) is 3.27. The van der Waals surface area contributed by atoms with Gasteiger partial charge >= 0.3 is 0 Å². The summed E-state index contributed by atoms with van der Waals surface area (Å²) in [6.07, 6.45) is 1.39. The lowest BCUT2D eigenvalue weighted by Gasteiger charge is -2.07. The molecule has 0 bridgehead atoms. The average Bonchev–Trinajstić information content (AvgIpc) is 2.53. The van der Waals surface area contributed by atoms with E-state index in [1.165, 1.54) is 24.3 Å². The van der Waals surface area contributed by atoms with Gasteiger partial charge in [0.25, 0.3) is 5.69 Å². The molecule has 0 heterocycles. The summed E-state index contributed by atoms with van der Waals surface area (Å²) in [5.74, 6) is 0. The molecular weight excluding hydrogens is 384 g/mol. The Balaban J connectivity index is 1.91. The molecule has 2 aromatic carbocycles. The smallest absolute Gasteiger partial charge is 0.258 e. The van der Waals surface area contributed by atoms with Gasteiger partial charge in [0.2, 0.25) is 10.0 Å². The zero-order valence-corrected chi connectivity index (χ0v) is 14.5. The summed E-state index contributed by atoms with van der Waals surface area (Å²) in [4.78, 5) is 10.0. The molecule has 2 rings (SSSR count). The van der Waals surface area contributed by atoms with Gasteiger partial charge in [-0.25, -0.2) is 13.1 Å². The van der Waals surface area contributed by atoms with Crippen molar-refractivity contribution in [2.45, 2.75) is 17.7 Å². The number of nitro benzene ring substituents is 1. The predicted molar refractivity (Wildman–Crippen MR) is 90.7 cm³/mol. The number of non-ortho nitro benzene ring substituents is 1. The van der Waals surface area contributed by atoms with Crippen molar-refractivity contribution in [2.75, 3.05) is 6.54 Å². The Morgan fingerprint density at radius 1 is 1.09 bits per heavy atom. The third-order valence-corrected chi connectivity index (χ3v) is 5.48. The molecule has 0 unspecified atom stereocenters. The van der Waals surface area contributed by atoms with Gasteiger partial charge < -0.3 is 0 Å². The number of aryl methyl sites for hydroxylation is 1. The molecule has 0 amide bonds. The SMILES string of the molecule is O=[N+]([O-])c1ccc(S(=O)(=O)NCCCc2ccccc2Br)cc1. The Bertz CT molecular complexity index is 791. The van der Waals surface area contributed by atoms with Gasteiger partial charge in [0.05, 0.1) is 9.82 Å². The number of nitrogens with one attached hydrogen (secondary N) is 1. The van der Waals surface area contributed by atoms with E-state index in [1.807, 2.05) is 24.3 Å². The molecule has 0 atom stereocenters. The Labute approximate surface area is 142 Å². The minimum Gasteiger partial charge on any atom is -0.258 e. The lowest BCUT2D eigenvalue weighted by atomic mass is 10.1. The third kappa shape index (κ3) is 4.85. The molecule has 8 heteroatoms. The van der Waals surface area contributed by atoms with Crippen molar-refractivity contribution < 1.29 is 13.3 Å². The van der Waals surface area contributed by atoms with Crippen LogP contribution in [0.4, 0.5) is 5.69 Å². The molecule has 0 aliphatic carbocycles. The number of hydrogen-bond donors (Lipinski definition) is 1. The molecule has 0 aliphatic heterocycles. The average molecular weight is 399 g/mol. The maximum absolute atomic E-state index is 12.1. The van der Waals surface area contributed by atoms with E-state index >= 15 is 0 Å². The van der Waals surface area contributed by atoms with Crippen LogP contribution in [0.15, 0.2) is 57.9 Å². The van der Waals surface area contributed by atoms with E-state index in [2.05, 4.69) is 20.7 Å². The molecule has 0 aromatic heterocycles. The Hall–Kier alpha value is -1.77. The summed E-state index contributed by atoms with van der Waals surface area (Å²) < 4.78 is 27.7. The Morgan fingerprint density at radius 2 is 1.74 bits per heavy atom. The molecule has 0 saturated heterocycles. The highest BCUT2D eigenvalue weighted by Gasteiger charge is 2.15. The molecule has 0 fully saturated rings. The number of hydrogen-bond acceptors (Lipinski definition) is 4. The Kier molecular flexibility index (Phi) is 5.86. The summed E-state index contributed by atoms with van der Waals surface area (Å²) >= 11 is 3.45. The van der Waals surface area contributed by atoms with Gasteiger partial charge in [0.1, 0.15) is 0 Å². The van der Waals surface area contributed by atoms with Crippen molar-refractivity contribution in [3.63, 3.8) is 0 Å². The minimum absolute atomic E-state index is 0.0176. The highest BCUT2D eigenvalue weighted by molar-refractivity contribution is 9.10. The van der Waals surface area contributed by atoms with Gasteiger partial charge in [0, 0.05) is 23.2 Å². The topological polar surface area (TPSA) is 89.3 Å². The lowest BCUT2D eigenvalue weighted by Crippen LogP contribution is -2.25. The standard InChI is InChI=1S/C15H15BrN2O4S/c16-15-6-2-1-4-12(15)5-3-11-17-23(21,22)14-9-7-13(8-10-14)18(19)20/h1-2,4,6-10,17H,3,5,11H2. The van der Waals surface area contributed by atoms with Crippen LogP contribution in [0.2, 0.25) is 0 Å². The fourth-order valence-corrected chi connectivity index (χ4v) is 3.57. The number of halogens is 1. The van der Waals surface area contributed by atoms with E-state index in [-0.39, 0.29) is 10.6 Å². The first-order valence-electron chi connectivity index (χ1n) is 6.88. The minimum atomic E-state index is -3.65. The summed E-state index contributed by atoms with van der Waals surface area (Å²) in [7, 11) is -3.65. The highest BCUT2D eigenvalue weighted by atomic mass is 79.9. The molecule has 6 nitrogen and oxygen atoms in total. The van der Waals surface area contributed by atoms with Crippen molar-refractivity contribution in [1.29, 1.82) is 0 Å². The summed E-state index contributed by atoms with van der Waals surface area (Å²) in [5, 5.41) is 10.6. The number of nitro groups is 1. The van der Waals surface area contributed by atoms with E-state index in [9.17, 15) is 18.5 Å². The maximum Gasteiger partial charge on any atom is 0.269 e. The third-order valence-electron chi connectivity index (χ3n) is 3.23. The molecule has 122 valence electrons. The van der Waals surface area contributed by atoms with Crippen LogP contribution in [0, 0.1) is 10.1 Å². The maximum atomic E-state index is 12.1. The molecule has 2 aromatic rings. The van der Waals surface area contributed by atoms with Crippen LogP contribution in [0.5, 0.6) is 0 Å². The quantitative estimate of drug-likeness (QED) is 0.440. The summed E-state index contributed by atoms with van der Waals surface area (Å²) in [5.41, 5.74) is 0.972. The normalized spacial score (nSPS) is 11.3. The van der Waals surface area contributed by atoms with Gasteiger partial charge in [-0.3, -0.25) is 10.1 Å².